The topological polar surface area (TPSA) is 95.0 Å². The summed E-state index contributed by atoms with van der Waals surface area (Å²) in [6.07, 6.45) is 0. The number of sulfonamides is 1. The van der Waals surface area contributed by atoms with E-state index in [1.807, 2.05) is 0 Å². The molecule has 0 fully saturated rings. The fraction of sp³-hybridized carbons (Fsp3) is 0.250. The number of carbonyl (C=O) groups excluding carboxylic acids is 1. The number of methoxy groups -OCH3 is 3. The van der Waals surface area contributed by atoms with Crippen LogP contribution in [0.15, 0.2) is 59.6 Å². The third-order valence-electron chi connectivity index (χ3n) is 5.12. The predicted molar refractivity (Wildman–Crippen MR) is 123 cm³/mol. The summed E-state index contributed by atoms with van der Waals surface area (Å²) in [6, 6.07) is 14.9. The maximum Gasteiger partial charge on any atom is 0.359 e. The number of ether oxygens (including phenoxy) is 3. The molecular formula is C24H25FN2O6S. The van der Waals surface area contributed by atoms with Crippen molar-refractivity contribution in [1.82, 2.24) is 9.29 Å². The molecule has 0 saturated heterocycles. The first-order valence-electron chi connectivity index (χ1n) is 10.2. The summed E-state index contributed by atoms with van der Waals surface area (Å²) in [5.41, 5.74) is 0.775. The number of nitrogens with zero attached hydrogens (tertiary/aromatic N) is 2. The van der Waals surface area contributed by atoms with Gasteiger partial charge in [0.1, 0.15) is 11.5 Å². The minimum Gasteiger partial charge on any atom is -0.497 e. The fourth-order valence-corrected chi connectivity index (χ4v) is 4.84. The van der Waals surface area contributed by atoms with Crippen LogP contribution in [0.25, 0.3) is 0 Å². The van der Waals surface area contributed by atoms with Crippen LogP contribution >= 0.6 is 0 Å². The van der Waals surface area contributed by atoms with Gasteiger partial charge >= 0.3 is 5.97 Å². The number of aryl methyl sites for hydroxylation is 1. The lowest BCUT2D eigenvalue weighted by Gasteiger charge is -2.23. The van der Waals surface area contributed by atoms with Gasteiger partial charge in [0.15, 0.2) is 16.5 Å². The van der Waals surface area contributed by atoms with Gasteiger partial charge in [0.05, 0.1) is 21.3 Å². The second kappa shape index (κ2) is 10.6. The molecule has 1 heterocycles. The highest BCUT2D eigenvalue weighted by Crippen LogP contribution is 2.25. The van der Waals surface area contributed by atoms with E-state index >= 15 is 0 Å². The molecule has 2 aromatic carbocycles. The molecular weight excluding hydrogens is 463 g/mol. The van der Waals surface area contributed by atoms with Crippen molar-refractivity contribution in [1.29, 1.82) is 0 Å². The molecule has 3 rings (SSSR count). The summed E-state index contributed by atoms with van der Waals surface area (Å²) in [7, 11) is -0.111. The number of esters is 1. The first-order chi connectivity index (χ1) is 16.2. The van der Waals surface area contributed by atoms with Gasteiger partial charge in [-0.15, -0.1) is 0 Å². The quantitative estimate of drug-likeness (QED) is 0.424. The van der Waals surface area contributed by atoms with Crippen LogP contribution in [0, 0.1) is 12.7 Å². The van der Waals surface area contributed by atoms with E-state index in [1.165, 1.54) is 25.4 Å². The smallest absolute Gasteiger partial charge is 0.359 e. The Labute approximate surface area is 198 Å². The Balaban J connectivity index is 2.06. The van der Waals surface area contributed by atoms with Crippen LogP contribution in [0.4, 0.5) is 4.39 Å². The summed E-state index contributed by atoms with van der Waals surface area (Å²) in [5, 5.41) is -0.420. The zero-order valence-electron chi connectivity index (χ0n) is 19.2. The maximum atomic E-state index is 14.3. The lowest BCUT2D eigenvalue weighted by Crippen LogP contribution is -2.32. The minimum absolute atomic E-state index is 0.00438. The van der Waals surface area contributed by atoms with E-state index in [0.29, 0.717) is 22.6 Å². The van der Waals surface area contributed by atoms with E-state index in [2.05, 4.69) is 9.72 Å². The minimum atomic E-state index is -4.26. The van der Waals surface area contributed by atoms with Gasteiger partial charge in [0, 0.05) is 13.1 Å². The number of hydrogen-bond donors (Lipinski definition) is 0. The number of halogens is 1. The molecule has 180 valence electrons. The first-order valence-corrected chi connectivity index (χ1v) is 11.6. The number of carbonyl (C=O) groups is 1. The van der Waals surface area contributed by atoms with Gasteiger partial charge in [-0.25, -0.2) is 22.6 Å². The molecule has 0 bridgehead atoms. The van der Waals surface area contributed by atoms with Crippen molar-refractivity contribution in [2.75, 3.05) is 21.3 Å². The molecule has 3 aromatic rings. The summed E-state index contributed by atoms with van der Waals surface area (Å²) in [6.45, 7) is 1.43. The average Bonchev–Trinajstić information content (AvgIpc) is 2.84. The van der Waals surface area contributed by atoms with Crippen LogP contribution in [0.2, 0.25) is 0 Å². The van der Waals surface area contributed by atoms with E-state index in [0.717, 1.165) is 13.2 Å². The van der Waals surface area contributed by atoms with Gasteiger partial charge < -0.3 is 14.2 Å². The highest BCUT2D eigenvalue weighted by Gasteiger charge is 2.31. The molecule has 0 spiro atoms. The molecule has 0 amide bonds. The molecule has 0 aliphatic heterocycles. The second-order valence-corrected chi connectivity index (χ2v) is 9.25. The zero-order chi connectivity index (χ0) is 24.9. The summed E-state index contributed by atoms with van der Waals surface area (Å²) in [5.74, 6) is -0.759. The fourth-order valence-electron chi connectivity index (χ4n) is 3.28. The van der Waals surface area contributed by atoms with E-state index in [4.69, 9.17) is 9.47 Å². The number of hydrogen-bond acceptors (Lipinski definition) is 7. The normalized spacial score (nSPS) is 11.4. The largest absolute Gasteiger partial charge is 0.497 e. The van der Waals surface area contributed by atoms with Gasteiger partial charge in [-0.3, -0.25) is 0 Å². The molecule has 0 aliphatic carbocycles. The number of pyridine rings is 1. The number of rotatable bonds is 9. The van der Waals surface area contributed by atoms with Gasteiger partial charge in [-0.05, 0) is 53.9 Å². The van der Waals surface area contributed by atoms with Crippen molar-refractivity contribution in [3.05, 3.63) is 82.8 Å². The summed E-state index contributed by atoms with van der Waals surface area (Å²) < 4.78 is 57.8. The lowest BCUT2D eigenvalue weighted by molar-refractivity contribution is 0.0587. The number of benzene rings is 2. The molecule has 1 aromatic heterocycles. The van der Waals surface area contributed by atoms with Crippen LogP contribution in [0.1, 0.15) is 27.2 Å². The van der Waals surface area contributed by atoms with Crippen molar-refractivity contribution < 1.29 is 31.8 Å². The van der Waals surface area contributed by atoms with Crippen LogP contribution in [0.5, 0.6) is 11.5 Å². The molecule has 0 unspecified atom stereocenters. The number of aromatic nitrogens is 1. The molecule has 10 heteroatoms. The lowest BCUT2D eigenvalue weighted by atomic mass is 10.2. The maximum absolute atomic E-state index is 14.3. The standard InChI is InChI=1S/C24H25FN2O6S/c1-16-13-21(25)22(24(28)33-4)26-23(16)34(29,30)27(14-17-5-9-19(31-2)10-6-17)15-18-7-11-20(32-3)12-8-18/h5-13H,14-15H2,1-4H3. The average molecular weight is 489 g/mol. The molecule has 0 radical (unpaired) electrons. The van der Waals surface area contributed by atoms with Crippen molar-refractivity contribution >= 4 is 16.0 Å². The Bertz CT molecular complexity index is 1210. The van der Waals surface area contributed by atoms with Crippen LogP contribution in [-0.4, -0.2) is 45.0 Å². The molecule has 34 heavy (non-hydrogen) atoms. The molecule has 0 atom stereocenters. The molecule has 0 N–H and O–H groups in total. The van der Waals surface area contributed by atoms with Gasteiger partial charge in [-0.2, -0.15) is 4.31 Å². The Morgan fingerprint density at radius 2 is 1.38 bits per heavy atom. The Hall–Kier alpha value is -3.50. The van der Waals surface area contributed by atoms with Crippen molar-refractivity contribution in [2.45, 2.75) is 25.0 Å². The highest BCUT2D eigenvalue weighted by molar-refractivity contribution is 7.89. The third-order valence-corrected chi connectivity index (χ3v) is 6.96. The van der Waals surface area contributed by atoms with Gasteiger partial charge in [0.25, 0.3) is 10.0 Å². The summed E-state index contributed by atoms with van der Waals surface area (Å²) in [4.78, 5) is 15.8. The Morgan fingerprint density at radius 1 is 0.912 bits per heavy atom. The van der Waals surface area contributed by atoms with E-state index < -0.39 is 32.5 Å². The van der Waals surface area contributed by atoms with Crippen molar-refractivity contribution in [3.8, 4) is 11.5 Å². The van der Waals surface area contributed by atoms with Crippen LogP contribution < -0.4 is 9.47 Å². The SMILES string of the molecule is COC(=O)c1nc(S(=O)(=O)N(Cc2ccc(OC)cc2)Cc2ccc(OC)cc2)c(C)cc1F. The van der Waals surface area contributed by atoms with E-state index in [1.54, 1.807) is 48.5 Å². The van der Waals surface area contributed by atoms with Gasteiger partial charge in [0.2, 0.25) is 0 Å². The summed E-state index contributed by atoms with van der Waals surface area (Å²) >= 11 is 0. The van der Waals surface area contributed by atoms with E-state index in [9.17, 15) is 17.6 Å². The monoisotopic (exact) mass is 488 g/mol. The highest BCUT2D eigenvalue weighted by atomic mass is 32.2. The second-order valence-electron chi connectivity index (χ2n) is 7.40. The van der Waals surface area contributed by atoms with E-state index in [-0.39, 0.29) is 18.7 Å². The van der Waals surface area contributed by atoms with Gasteiger partial charge in [-0.1, -0.05) is 24.3 Å². The molecule has 0 aliphatic rings. The predicted octanol–water partition coefficient (Wildman–Crippen LogP) is 3.72. The third kappa shape index (κ3) is 5.52. The molecule has 0 saturated carbocycles. The van der Waals surface area contributed by atoms with Crippen molar-refractivity contribution in [3.63, 3.8) is 0 Å². The van der Waals surface area contributed by atoms with Crippen LogP contribution in [0.3, 0.4) is 0 Å². The zero-order valence-corrected chi connectivity index (χ0v) is 20.1. The Kier molecular flexibility index (Phi) is 7.85. The molecule has 8 nitrogen and oxygen atoms in total. The first kappa shape index (κ1) is 25.1. The Morgan fingerprint density at radius 3 is 1.79 bits per heavy atom. The van der Waals surface area contributed by atoms with Crippen LogP contribution in [-0.2, 0) is 27.8 Å². The van der Waals surface area contributed by atoms with Crippen molar-refractivity contribution in [2.24, 2.45) is 0 Å².